The van der Waals surface area contributed by atoms with Gasteiger partial charge in [0.15, 0.2) is 0 Å². The zero-order chi connectivity index (χ0) is 31.0. The highest BCUT2D eigenvalue weighted by Gasteiger charge is 1.94. The van der Waals surface area contributed by atoms with Gasteiger partial charge < -0.3 is 9.80 Å². The van der Waals surface area contributed by atoms with Gasteiger partial charge in [0.2, 0.25) is 0 Å². The van der Waals surface area contributed by atoms with Gasteiger partial charge in [0.1, 0.15) is 0 Å². The molecule has 0 heterocycles. The second-order valence-corrected chi connectivity index (χ2v) is 13.2. The minimum absolute atomic E-state index is 0. The molecule has 0 radical (unpaired) electrons. The normalized spacial score (nSPS) is 10.0. The summed E-state index contributed by atoms with van der Waals surface area (Å²) < 4.78 is 0. The average Bonchev–Trinajstić information content (AvgIpc) is 2.90. The van der Waals surface area contributed by atoms with Crippen LogP contribution in [0.25, 0.3) is 0 Å². The Morgan fingerprint density at radius 2 is 0.286 bits per heavy atom. The maximum atomic E-state index is 2.29. The van der Waals surface area contributed by atoms with E-state index in [-0.39, 0.29) is 34.0 Å². The average molecular weight is 733 g/mol. The summed E-state index contributed by atoms with van der Waals surface area (Å²) in [5.41, 5.74) is 0. The van der Waals surface area contributed by atoms with Crippen molar-refractivity contribution in [2.24, 2.45) is 0 Å². The standard InChI is InChI=1S/2C16H34.2C3H9N.2BrH/c2*1-3-5-7-9-11-13-15-16-14-12-10-8-6-4-2;2*1-4(2)3;;/h2*3-16H2,1-2H3;2*1-3H3;2*1H. The van der Waals surface area contributed by atoms with Crippen LogP contribution in [0.1, 0.15) is 207 Å². The van der Waals surface area contributed by atoms with E-state index in [0.717, 1.165) is 0 Å². The first-order valence-corrected chi connectivity index (χ1v) is 18.5. The van der Waals surface area contributed by atoms with Gasteiger partial charge >= 0.3 is 0 Å². The molecule has 42 heavy (non-hydrogen) atoms. The largest absolute Gasteiger partial charge is 0.312 e. The predicted molar refractivity (Wildman–Crippen MR) is 212 cm³/mol. The zero-order valence-corrected chi connectivity index (χ0v) is 34.9. The summed E-state index contributed by atoms with van der Waals surface area (Å²) >= 11 is 0. The van der Waals surface area contributed by atoms with Crippen molar-refractivity contribution in [1.29, 1.82) is 0 Å². The van der Waals surface area contributed by atoms with Crippen LogP contribution in [-0.2, 0) is 0 Å². The number of nitrogens with zero attached hydrogens (tertiary/aromatic N) is 2. The van der Waals surface area contributed by atoms with E-state index < -0.39 is 0 Å². The van der Waals surface area contributed by atoms with E-state index in [1.54, 1.807) is 0 Å². The van der Waals surface area contributed by atoms with Crippen molar-refractivity contribution in [3.63, 3.8) is 0 Å². The van der Waals surface area contributed by atoms with E-state index in [1.807, 2.05) is 52.1 Å². The Labute approximate surface area is 292 Å². The van der Waals surface area contributed by atoms with Crippen molar-refractivity contribution < 1.29 is 0 Å². The Balaban J connectivity index is -0.000000118. The molecule has 0 atom stereocenters. The summed E-state index contributed by atoms with van der Waals surface area (Å²) in [6, 6.07) is 0. The van der Waals surface area contributed by atoms with Gasteiger partial charge in [0, 0.05) is 0 Å². The van der Waals surface area contributed by atoms with E-state index in [4.69, 9.17) is 0 Å². The quantitative estimate of drug-likeness (QED) is 0.0817. The molecule has 0 aromatic rings. The molecule has 0 unspecified atom stereocenters. The van der Waals surface area contributed by atoms with Gasteiger partial charge in [-0.1, -0.05) is 207 Å². The van der Waals surface area contributed by atoms with E-state index in [9.17, 15) is 0 Å². The van der Waals surface area contributed by atoms with Crippen molar-refractivity contribution in [2.75, 3.05) is 42.3 Å². The smallest absolute Gasteiger partial charge is 0.0140 e. The Bertz CT molecular complexity index is 297. The predicted octanol–water partition coefficient (Wildman–Crippen LogP) is 14.5. The molecule has 0 aromatic carbocycles. The van der Waals surface area contributed by atoms with Gasteiger partial charge in [-0.15, -0.1) is 34.0 Å². The van der Waals surface area contributed by atoms with Gasteiger partial charge in [0.25, 0.3) is 0 Å². The van der Waals surface area contributed by atoms with E-state index in [0.29, 0.717) is 0 Å². The lowest BCUT2D eigenvalue weighted by Gasteiger charge is -2.02. The molecular formula is C38H88Br2N2. The minimum atomic E-state index is 0. The van der Waals surface area contributed by atoms with E-state index in [1.165, 1.54) is 180 Å². The van der Waals surface area contributed by atoms with E-state index >= 15 is 0 Å². The molecule has 264 valence electrons. The molecule has 2 nitrogen and oxygen atoms in total. The maximum absolute atomic E-state index is 2.29. The Kier molecular flexibility index (Phi) is 75.7. The molecule has 0 saturated carbocycles. The van der Waals surface area contributed by atoms with Gasteiger partial charge in [-0.2, -0.15) is 0 Å². The number of unbranched alkanes of at least 4 members (excludes halogenated alkanes) is 26. The number of hydrogen-bond acceptors (Lipinski definition) is 2. The minimum Gasteiger partial charge on any atom is -0.312 e. The fraction of sp³-hybridized carbons (Fsp3) is 1.00. The molecule has 0 rings (SSSR count). The van der Waals surface area contributed by atoms with Crippen LogP contribution in [0.2, 0.25) is 0 Å². The third kappa shape index (κ3) is 90.0. The monoisotopic (exact) mass is 731 g/mol. The van der Waals surface area contributed by atoms with Crippen molar-refractivity contribution >= 4 is 34.0 Å². The van der Waals surface area contributed by atoms with Crippen LogP contribution in [-0.4, -0.2) is 52.1 Å². The molecule has 0 amide bonds. The van der Waals surface area contributed by atoms with Gasteiger partial charge in [-0.05, 0) is 42.3 Å². The van der Waals surface area contributed by atoms with Crippen LogP contribution in [0.15, 0.2) is 0 Å². The lowest BCUT2D eigenvalue weighted by Crippen LogP contribution is -1.99. The molecular weight excluding hydrogens is 644 g/mol. The first-order valence-electron chi connectivity index (χ1n) is 18.5. The molecule has 0 saturated heterocycles. The zero-order valence-electron chi connectivity index (χ0n) is 31.5. The fourth-order valence-corrected chi connectivity index (χ4v) is 4.54. The molecule has 0 bridgehead atoms. The summed E-state index contributed by atoms with van der Waals surface area (Å²) in [5.74, 6) is 0. The van der Waals surface area contributed by atoms with Crippen LogP contribution < -0.4 is 0 Å². The highest BCUT2D eigenvalue weighted by atomic mass is 79.9. The van der Waals surface area contributed by atoms with Gasteiger partial charge in [-0.3, -0.25) is 0 Å². The van der Waals surface area contributed by atoms with Crippen LogP contribution in [0.3, 0.4) is 0 Å². The molecule has 4 heteroatoms. The van der Waals surface area contributed by atoms with Gasteiger partial charge in [-0.25, -0.2) is 0 Å². The second kappa shape index (κ2) is 57.5. The lowest BCUT2D eigenvalue weighted by molar-refractivity contribution is 0.505. The van der Waals surface area contributed by atoms with E-state index in [2.05, 4.69) is 27.7 Å². The summed E-state index contributed by atoms with van der Waals surface area (Å²) in [6.45, 7) is 9.16. The third-order valence-corrected chi connectivity index (χ3v) is 6.91. The van der Waals surface area contributed by atoms with Crippen LogP contribution in [0.4, 0.5) is 0 Å². The first kappa shape index (κ1) is 55.3. The molecule has 0 aliphatic rings. The number of halogens is 2. The summed E-state index contributed by atoms with van der Waals surface area (Å²) in [7, 11) is 12.0. The summed E-state index contributed by atoms with van der Waals surface area (Å²) in [5, 5.41) is 0. The SMILES string of the molecule is Br.Br.CCCCCCCCCCCCCCCC.CCCCCCCCCCCCCCCC.CN(C)C.CN(C)C. The highest BCUT2D eigenvalue weighted by molar-refractivity contribution is 8.93. The fourth-order valence-electron chi connectivity index (χ4n) is 4.54. The topological polar surface area (TPSA) is 6.48 Å². The third-order valence-electron chi connectivity index (χ3n) is 6.91. The van der Waals surface area contributed by atoms with Gasteiger partial charge in [0.05, 0.1) is 0 Å². The van der Waals surface area contributed by atoms with Crippen molar-refractivity contribution in [3.05, 3.63) is 0 Å². The Hall–Kier alpha value is 0.880. The van der Waals surface area contributed by atoms with Crippen molar-refractivity contribution in [3.8, 4) is 0 Å². The molecule has 0 aliphatic heterocycles. The number of hydrogen-bond donors (Lipinski definition) is 0. The first-order chi connectivity index (χ1) is 19.3. The summed E-state index contributed by atoms with van der Waals surface area (Å²) in [6.07, 6.45) is 40.8. The molecule has 0 aliphatic carbocycles. The molecule has 0 spiro atoms. The van der Waals surface area contributed by atoms with Crippen molar-refractivity contribution in [2.45, 2.75) is 207 Å². The molecule has 0 aromatic heterocycles. The highest BCUT2D eigenvalue weighted by Crippen LogP contribution is 2.14. The van der Waals surface area contributed by atoms with Crippen LogP contribution >= 0.6 is 34.0 Å². The van der Waals surface area contributed by atoms with Crippen LogP contribution in [0, 0.1) is 0 Å². The lowest BCUT2D eigenvalue weighted by atomic mass is 10.0. The molecule has 0 fully saturated rings. The summed E-state index contributed by atoms with van der Waals surface area (Å²) in [4.78, 5) is 4.00. The molecule has 0 N–H and O–H groups in total. The maximum Gasteiger partial charge on any atom is -0.0140 e. The van der Waals surface area contributed by atoms with Crippen LogP contribution in [0.5, 0.6) is 0 Å². The second-order valence-electron chi connectivity index (χ2n) is 13.2. The Morgan fingerprint density at radius 3 is 0.357 bits per heavy atom. The number of rotatable bonds is 26. The Morgan fingerprint density at radius 1 is 0.214 bits per heavy atom. The van der Waals surface area contributed by atoms with Crippen molar-refractivity contribution in [1.82, 2.24) is 9.80 Å².